The molecule has 1 aromatic heterocycles. The van der Waals surface area contributed by atoms with Crippen LogP contribution in [0.3, 0.4) is 0 Å². The first-order chi connectivity index (χ1) is 12.2. The Morgan fingerprint density at radius 1 is 1.04 bits per heavy atom. The number of nitrogens with one attached hydrogen (secondary N) is 1. The average molecular weight is 339 g/mol. The molecule has 0 fully saturated rings. The normalized spacial score (nSPS) is 11.2. The van der Waals surface area contributed by atoms with Gasteiger partial charge in [-0.1, -0.05) is 13.3 Å². The molecule has 1 heterocycles. The number of hydrogen-bond donors (Lipinski definition) is 1. The zero-order valence-electron chi connectivity index (χ0n) is 15.1. The van der Waals surface area contributed by atoms with Gasteiger partial charge in [0.15, 0.2) is 0 Å². The number of aromatic nitrogens is 2. The van der Waals surface area contributed by atoms with Crippen LogP contribution < -0.4 is 9.47 Å². The second kappa shape index (κ2) is 8.03. The maximum Gasteiger partial charge on any atom is 0.128 e. The number of hydrogen-bond acceptors (Lipinski definition) is 4. The van der Waals surface area contributed by atoms with Crippen molar-refractivity contribution in [3.8, 4) is 17.2 Å². The molecule has 5 heteroatoms. The van der Waals surface area contributed by atoms with Gasteiger partial charge in [0.2, 0.25) is 0 Å². The fourth-order valence-corrected chi connectivity index (χ4v) is 2.78. The fraction of sp³-hybridized carbons (Fsp3) is 0.350. The van der Waals surface area contributed by atoms with Crippen molar-refractivity contribution < 1.29 is 9.47 Å². The van der Waals surface area contributed by atoms with Crippen LogP contribution in [0.2, 0.25) is 0 Å². The first-order valence-corrected chi connectivity index (χ1v) is 8.67. The first-order valence-electron chi connectivity index (χ1n) is 8.67. The zero-order chi connectivity index (χ0) is 17.6. The second-order valence-electron chi connectivity index (χ2n) is 6.25. The molecule has 5 nitrogen and oxygen atoms in total. The monoisotopic (exact) mass is 339 g/mol. The minimum Gasteiger partial charge on any atom is -0.497 e. The van der Waals surface area contributed by atoms with Gasteiger partial charge in [0.05, 0.1) is 18.3 Å². The van der Waals surface area contributed by atoms with E-state index in [9.17, 15) is 0 Å². The van der Waals surface area contributed by atoms with Crippen molar-refractivity contribution in [1.82, 2.24) is 15.1 Å². The van der Waals surface area contributed by atoms with Crippen LogP contribution in [-0.2, 0) is 6.54 Å². The minimum absolute atomic E-state index is 0.783. The van der Waals surface area contributed by atoms with Crippen molar-refractivity contribution in [3.63, 3.8) is 0 Å². The molecule has 0 saturated heterocycles. The van der Waals surface area contributed by atoms with Crippen molar-refractivity contribution in [2.75, 3.05) is 20.7 Å². The highest BCUT2D eigenvalue weighted by atomic mass is 16.5. The number of rotatable bonds is 8. The molecule has 2 aromatic carbocycles. The topological polar surface area (TPSA) is 50.4 Å². The Morgan fingerprint density at radius 2 is 1.76 bits per heavy atom. The molecular weight excluding hydrogens is 314 g/mol. The molecule has 1 N–H and O–H groups in total. The van der Waals surface area contributed by atoms with E-state index in [1.165, 1.54) is 12.8 Å². The largest absolute Gasteiger partial charge is 0.497 e. The summed E-state index contributed by atoms with van der Waals surface area (Å²) in [5.41, 5.74) is 2.08. The van der Waals surface area contributed by atoms with Crippen LogP contribution in [0.25, 0.3) is 10.9 Å². The maximum atomic E-state index is 5.97. The average Bonchev–Trinajstić information content (AvgIpc) is 3.03. The Hall–Kier alpha value is -2.53. The molecule has 0 aliphatic carbocycles. The predicted molar refractivity (Wildman–Crippen MR) is 100 cm³/mol. The fourth-order valence-electron chi connectivity index (χ4n) is 2.78. The number of benzene rings is 2. The third-order valence-corrected chi connectivity index (χ3v) is 4.22. The second-order valence-corrected chi connectivity index (χ2v) is 6.25. The van der Waals surface area contributed by atoms with Crippen molar-refractivity contribution in [2.24, 2.45) is 0 Å². The van der Waals surface area contributed by atoms with Crippen LogP contribution >= 0.6 is 0 Å². The molecule has 132 valence electrons. The highest BCUT2D eigenvalue weighted by Gasteiger charge is 2.09. The first kappa shape index (κ1) is 17.3. The van der Waals surface area contributed by atoms with Crippen LogP contribution in [-0.4, -0.2) is 35.8 Å². The molecule has 0 unspecified atom stereocenters. The third kappa shape index (κ3) is 4.31. The highest BCUT2D eigenvalue weighted by Crippen LogP contribution is 2.28. The molecule has 0 aliphatic heterocycles. The summed E-state index contributed by atoms with van der Waals surface area (Å²) < 4.78 is 11.1. The Morgan fingerprint density at radius 3 is 2.48 bits per heavy atom. The van der Waals surface area contributed by atoms with E-state index in [2.05, 4.69) is 29.1 Å². The summed E-state index contributed by atoms with van der Waals surface area (Å²) in [5.74, 6) is 2.40. The van der Waals surface area contributed by atoms with Gasteiger partial charge in [0.25, 0.3) is 0 Å². The van der Waals surface area contributed by atoms with Gasteiger partial charge in [0, 0.05) is 11.9 Å². The molecule has 25 heavy (non-hydrogen) atoms. The van der Waals surface area contributed by atoms with Gasteiger partial charge in [-0.15, -0.1) is 0 Å². The molecule has 0 aliphatic rings. The van der Waals surface area contributed by atoms with E-state index in [1.807, 2.05) is 42.5 Å². The predicted octanol–water partition coefficient (Wildman–Crippen LogP) is 4.60. The van der Waals surface area contributed by atoms with Gasteiger partial charge >= 0.3 is 0 Å². The van der Waals surface area contributed by atoms with Gasteiger partial charge in [-0.3, -0.25) is 5.10 Å². The SMILES string of the molecule is CCCCN(C)Cc1[nH]nc2ccc(Oc3ccc(OC)cc3)cc12. The number of aromatic amines is 1. The van der Waals surface area contributed by atoms with Gasteiger partial charge in [-0.25, -0.2) is 0 Å². The Kier molecular flexibility index (Phi) is 5.56. The Balaban J connectivity index is 1.77. The van der Waals surface area contributed by atoms with Crippen molar-refractivity contribution >= 4 is 10.9 Å². The quantitative estimate of drug-likeness (QED) is 0.652. The molecule has 0 spiro atoms. The van der Waals surface area contributed by atoms with E-state index in [-0.39, 0.29) is 0 Å². The molecule has 0 radical (unpaired) electrons. The number of unbranched alkanes of at least 4 members (excludes halogenated alkanes) is 1. The van der Waals surface area contributed by atoms with Crippen molar-refractivity contribution in [2.45, 2.75) is 26.3 Å². The molecule has 0 amide bonds. The van der Waals surface area contributed by atoms with Crippen molar-refractivity contribution in [3.05, 3.63) is 48.2 Å². The van der Waals surface area contributed by atoms with Crippen LogP contribution in [0.1, 0.15) is 25.5 Å². The van der Waals surface area contributed by atoms with Crippen LogP contribution in [0.15, 0.2) is 42.5 Å². The molecule has 3 rings (SSSR count). The number of H-pyrrole nitrogens is 1. The van der Waals surface area contributed by atoms with E-state index in [4.69, 9.17) is 9.47 Å². The standard InChI is InChI=1S/C20H25N3O2/c1-4-5-12-23(2)14-20-18-13-17(10-11-19(18)21-22-20)25-16-8-6-15(24-3)7-9-16/h6-11,13H,4-5,12,14H2,1-3H3,(H,21,22). The third-order valence-electron chi connectivity index (χ3n) is 4.22. The van der Waals surface area contributed by atoms with E-state index < -0.39 is 0 Å². The molecule has 0 atom stereocenters. The summed E-state index contributed by atoms with van der Waals surface area (Å²) >= 11 is 0. The van der Waals surface area contributed by atoms with E-state index in [0.29, 0.717) is 0 Å². The molecule has 0 bridgehead atoms. The lowest BCUT2D eigenvalue weighted by atomic mass is 10.2. The van der Waals surface area contributed by atoms with Crippen LogP contribution in [0.4, 0.5) is 0 Å². The Bertz CT molecular complexity index is 811. The minimum atomic E-state index is 0.783. The smallest absolute Gasteiger partial charge is 0.128 e. The lowest BCUT2D eigenvalue weighted by molar-refractivity contribution is 0.318. The number of fused-ring (bicyclic) bond motifs is 1. The van der Waals surface area contributed by atoms with Gasteiger partial charge < -0.3 is 14.4 Å². The van der Waals surface area contributed by atoms with Crippen LogP contribution in [0, 0.1) is 0 Å². The van der Waals surface area contributed by atoms with E-state index in [1.54, 1.807) is 7.11 Å². The molecule has 3 aromatic rings. The summed E-state index contributed by atoms with van der Waals surface area (Å²) in [6.07, 6.45) is 2.41. The lowest BCUT2D eigenvalue weighted by Crippen LogP contribution is -2.19. The summed E-state index contributed by atoms with van der Waals surface area (Å²) in [4.78, 5) is 2.31. The van der Waals surface area contributed by atoms with Gasteiger partial charge in [-0.2, -0.15) is 5.10 Å². The molecule has 0 saturated carbocycles. The number of nitrogens with zero attached hydrogens (tertiary/aromatic N) is 2. The summed E-state index contributed by atoms with van der Waals surface area (Å²) in [5, 5.41) is 8.67. The molecular formula is C20H25N3O2. The van der Waals surface area contributed by atoms with Gasteiger partial charge in [-0.05, 0) is 62.5 Å². The van der Waals surface area contributed by atoms with E-state index in [0.717, 1.165) is 46.9 Å². The lowest BCUT2D eigenvalue weighted by Gasteiger charge is -2.15. The summed E-state index contributed by atoms with van der Waals surface area (Å²) in [7, 11) is 3.79. The number of methoxy groups -OCH3 is 1. The maximum absolute atomic E-state index is 5.97. The Labute approximate surface area is 148 Å². The van der Waals surface area contributed by atoms with E-state index >= 15 is 0 Å². The van der Waals surface area contributed by atoms with Crippen molar-refractivity contribution in [1.29, 1.82) is 0 Å². The zero-order valence-corrected chi connectivity index (χ0v) is 15.1. The summed E-state index contributed by atoms with van der Waals surface area (Å²) in [6.45, 7) is 4.14. The van der Waals surface area contributed by atoms with Crippen LogP contribution in [0.5, 0.6) is 17.2 Å². The summed E-state index contributed by atoms with van der Waals surface area (Å²) in [6, 6.07) is 13.6. The number of ether oxygens (including phenoxy) is 2. The van der Waals surface area contributed by atoms with Gasteiger partial charge in [0.1, 0.15) is 17.2 Å². The highest BCUT2D eigenvalue weighted by molar-refractivity contribution is 5.82.